The molecule has 4 amide bonds. The highest BCUT2D eigenvalue weighted by Crippen LogP contribution is 2.11. The average molecular weight is 767 g/mol. The van der Waals surface area contributed by atoms with Gasteiger partial charge in [0.05, 0.1) is 13.1 Å². The van der Waals surface area contributed by atoms with E-state index in [9.17, 15) is 28.8 Å². The minimum Gasteiger partial charge on any atom is -0.459 e. The van der Waals surface area contributed by atoms with E-state index in [2.05, 4.69) is 16.0 Å². The summed E-state index contributed by atoms with van der Waals surface area (Å²) in [5.41, 5.74) is -1.74. The highest BCUT2D eigenvalue weighted by molar-refractivity contribution is 6.12. The molecule has 15 heteroatoms. The number of carbonyl (C=O) groups excluding carboxylic acids is 6. The fourth-order valence-electron chi connectivity index (χ4n) is 5.36. The molecule has 15 nitrogen and oxygen atoms in total. The highest BCUT2D eigenvalue weighted by Gasteiger charge is 2.24. The summed E-state index contributed by atoms with van der Waals surface area (Å²) in [4.78, 5) is 78.8. The molecule has 1 aliphatic rings. The molecule has 3 N–H and O–H groups in total. The summed E-state index contributed by atoms with van der Waals surface area (Å²) in [6.07, 6.45) is 8.12. The van der Waals surface area contributed by atoms with Crippen LogP contribution in [0.1, 0.15) is 114 Å². The number of hydrogen-bond donors (Lipinski definition) is 3. The van der Waals surface area contributed by atoms with E-state index in [0.717, 1.165) is 32.2 Å². The molecule has 310 valence electrons. The van der Waals surface area contributed by atoms with Crippen LogP contribution in [0, 0.1) is 0 Å². The third-order valence-electron chi connectivity index (χ3n) is 7.79. The zero-order valence-corrected chi connectivity index (χ0v) is 34.6. The van der Waals surface area contributed by atoms with Gasteiger partial charge in [-0.15, -0.1) is 0 Å². The molecule has 0 aromatic carbocycles. The molecule has 0 aromatic heterocycles. The number of amides is 4. The molecular weight excluding hydrogens is 696 g/mol. The first-order valence-electron chi connectivity index (χ1n) is 19.5. The molecule has 1 rings (SSSR count). The van der Waals surface area contributed by atoms with E-state index >= 15 is 0 Å². The monoisotopic (exact) mass is 767 g/mol. The SMILES string of the molecule is CC(C)(C)OC(=O)CNCCN(CCN(CCNCCCCCCNC(=O)OC(C)(C)C)CC(=O)OC(C)(C)C)C(=O)CCCCCN1C(=O)C=CC1=O. The van der Waals surface area contributed by atoms with Crippen molar-refractivity contribution in [2.45, 2.75) is 130 Å². The summed E-state index contributed by atoms with van der Waals surface area (Å²) < 4.78 is 16.2. The molecule has 0 aromatic rings. The number of carbonyl (C=O) groups is 6. The second-order valence-electron chi connectivity index (χ2n) is 16.6. The Morgan fingerprint density at radius 2 is 1.17 bits per heavy atom. The first-order chi connectivity index (χ1) is 25.1. The summed E-state index contributed by atoms with van der Waals surface area (Å²) in [5.74, 6) is -1.40. The zero-order valence-electron chi connectivity index (χ0n) is 34.6. The van der Waals surface area contributed by atoms with Crippen molar-refractivity contribution in [3.8, 4) is 0 Å². The van der Waals surface area contributed by atoms with Crippen LogP contribution in [0.5, 0.6) is 0 Å². The van der Waals surface area contributed by atoms with Gasteiger partial charge in [-0.2, -0.15) is 0 Å². The second kappa shape index (κ2) is 24.8. The first-order valence-corrected chi connectivity index (χ1v) is 19.5. The van der Waals surface area contributed by atoms with Crippen molar-refractivity contribution in [3.05, 3.63) is 12.2 Å². The maximum absolute atomic E-state index is 13.4. The van der Waals surface area contributed by atoms with Crippen LogP contribution in [0.2, 0.25) is 0 Å². The number of ether oxygens (including phenoxy) is 3. The van der Waals surface area contributed by atoms with Crippen molar-refractivity contribution < 1.29 is 43.0 Å². The normalized spacial score (nSPS) is 13.4. The first kappa shape index (κ1) is 48.5. The van der Waals surface area contributed by atoms with Gasteiger partial charge in [-0.3, -0.25) is 33.8 Å². The van der Waals surface area contributed by atoms with Gasteiger partial charge in [0.25, 0.3) is 11.8 Å². The van der Waals surface area contributed by atoms with Crippen molar-refractivity contribution in [2.75, 3.05) is 72.0 Å². The van der Waals surface area contributed by atoms with Crippen LogP contribution in [0.4, 0.5) is 4.79 Å². The van der Waals surface area contributed by atoms with Gasteiger partial charge in [0.15, 0.2) is 0 Å². The second-order valence-corrected chi connectivity index (χ2v) is 16.6. The predicted octanol–water partition coefficient (Wildman–Crippen LogP) is 3.55. The fourth-order valence-corrected chi connectivity index (χ4v) is 5.36. The van der Waals surface area contributed by atoms with Crippen LogP contribution in [0.25, 0.3) is 0 Å². The van der Waals surface area contributed by atoms with E-state index in [1.165, 1.54) is 17.1 Å². The van der Waals surface area contributed by atoms with E-state index in [0.29, 0.717) is 71.6 Å². The van der Waals surface area contributed by atoms with Crippen molar-refractivity contribution in [2.24, 2.45) is 0 Å². The number of rotatable bonds is 26. The topological polar surface area (TPSA) is 176 Å². The number of unbranched alkanes of at least 4 members (excludes halogenated alkanes) is 5. The summed E-state index contributed by atoms with van der Waals surface area (Å²) in [5, 5.41) is 9.30. The molecule has 0 fully saturated rings. The number of nitrogens with zero attached hydrogens (tertiary/aromatic N) is 3. The maximum Gasteiger partial charge on any atom is 0.407 e. The van der Waals surface area contributed by atoms with Crippen molar-refractivity contribution in [3.63, 3.8) is 0 Å². The largest absolute Gasteiger partial charge is 0.459 e. The number of hydrogen-bond acceptors (Lipinski definition) is 12. The van der Waals surface area contributed by atoms with Crippen LogP contribution in [-0.4, -0.2) is 139 Å². The Bertz CT molecular complexity index is 1200. The molecule has 0 radical (unpaired) electrons. The average Bonchev–Trinajstić information content (AvgIpc) is 3.34. The maximum atomic E-state index is 13.4. The van der Waals surface area contributed by atoms with Crippen molar-refractivity contribution in [1.29, 1.82) is 0 Å². The van der Waals surface area contributed by atoms with Gasteiger partial charge in [0.2, 0.25) is 5.91 Å². The van der Waals surface area contributed by atoms with Gasteiger partial charge in [-0.25, -0.2) is 4.79 Å². The Labute approximate surface area is 323 Å². The van der Waals surface area contributed by atoms with Crippen LogP contribution < -0.4 is 16.0 Å². The lowest BCUT2D eigenvalue weighted by Gasteiger charge is -2.29. The predicted molar refractivity (Wildman–Crippen MR) is 207 cm³/mol. The lowest BCUT2D eigenvalue weighted by molar-refractivity contribution is -0.156. The number of imide groups is 1. The molecule has 0 atom stereocenters. The summed E-state index contributed by atoms with van der Waals surface area (Å²) in [6.45, 7) is 20.9. The fraction of sp³-hybridized carbons (Fsp3) is 0.795. The molecule has 0 saturated heterocycles. The summed E-state index contributed by atoms with van der Waals surface area (Å²) in [6, 6.07) is 0. The van der Waals surface area contributed by atoms with E-state index in [1.54, 1.807) is 25.7 Å². The molecule has 0 unspecified atom stereocenters. The zero-order chi connectivity index (χ0) is 40.8. The van der Waals surface area contributed by atoms with Crippen LogP contribution >= 0.6 is 0 Å². The molecule has 0 aliphatic carbocycles. The van der Waals surface area contributed by atoms with E-state index in [-0.39, 0.29) is 49.2 Å². The van der Waals surface area contributed by atoms with Gasteiger partial charge in [-0.05, 0) is 94.5 Å². The molecule has 1 heterocycles. The third kappa shape index (κ3) is 25.5. The number of alkyl carbamates (subject to hydrolysis) is 1. The van der Waals surface area contributed by atoms with E-state index < -0.39 is 22.9 Å². The van der Waals surface area contributed by atoms with Gasteiger partial charge >= 0.3 is 18.0 Å². The standard InChI is InChI=1S/C39H70N6O9/c1-37(2,3)52-34(49)29-41-23-26-44(31(46)17-13-12-16-24-45-32(47)18-19-33(45)48)28-27-43(30-35(50)53-38(4,5)6)25-22-40-20-14-10-11-15-21-42-36(51)54-39(7,8)9/h18-19,40-41H,10-17,20-30H2,1-9H3,(H,42,51). The van der Waals surface area contributed by atoms with Gasteiger partial charge < -0.3 is 35.1 Å². The number of nitrogens with one attached hydrogen (secondary N) is 3. The smallest absolute Gasteiger partial charge is 0.407 e. The third-order valence-corrected chi connectivity index (χ3v) is 7.79. The molecular formula is C39H70N6O9. The Balaban J connectivity index is 2.67. The molecule has 1 aliphatic heterocycles. The van der Waals surface area contributed by atoms with Gasteiger partial charge in [0, 0.05) is 70.9 Å². The quantitative estimate of drug-likeness (QED) is 0.0506. The lowest BCUT2D eigenvalue weighted by atomic mass is 10.1. The van der Waals surface area contributed by atoms with Crippen molar-refractivity contribution in [1.82, 2.24) is 30.7 Å². The minimum atomic E-state index is -0.628. The molecule has 54 heavy (non-hydrogen) atoms. The van der Waals surface area contributed by atoms with Crippen LogP contribution in [-0.2, 0) is 38.2 Å². The Hall–Kier alpha value is -3.56. The van der Waals surface area contributed by atoms with Crippen molar-refractivity contribution >= 4 is 35.8 Å². The minimum absolute atomic E-state index is 0.0154. The molecule has 0 spiro atoms. The van der Waals surface area contributed by atoms with Crippen LogP contribution in [0.3, 0.4) is 0 Å². The Morgan fingerprint density at radius 3 is 1.78 bits per heavy atom. The van der Waals surface area contributed by atoms with Gasteiger partial charge in [-0.1, -0.05) is 19.3 Å². The lowest BCUT2D eigenvalue weighted by Crippen LogP contribution is -2.45. The Morgan fingerprint density at radius 1 is 0.611 bits per heavy atom. The van der Waals surface area contributed by atoms with Gasteiger partial charge in [0.1, 0.15) is 16.8 Å². The Kier molecular flexibility index (Phi) is 22.2. The van der Waals surface area contributed by atoms with E-state index in [1.807, 2.05) is 46.4 Å². The molecule has 0 bridgehead atoms. The van der Waals surface area contributed by atoms with E-state index in [4.69, 9.17) is 14.2 Å². The highest BCUT2D eigenvalue weighted by atomic mass is 16.6. The summed E-state index contributed by atoms with van der Waals surface area (Å²) in [7, 11) is 0. The number of esters is 2. The molecule has 0 saturated carbocycles. The summed E-state index contributed by atoms with van der Waals surface area (Å²) >= 11 is 0. The van der Waals surface area contributed by atoms with Crippen LogP contribution in [0.15, 0.2) is 12.2 Å².